The van der Waals surface area contributed by atoms with Crippen LogP contribution in [0.1, 0.15) is 75.9 Å². The van der Waals surface area contributed by atoms with E-state index in [-0.39, 0.29) is 0 Å². The second kappa shape index (κ2) is 10.4. The number of pyridine rings is 1. The van der Waals surface area contributed by atoms with Crippen molar-refractivity contribution < 1.29 is 0 Å². The van der Waals surface area contributed by atoms with Gasteiger partial charge in [-0.1, -0.05) is 57.0 Å². The number of rotatable bonds is 6. The maximum atomic E-state index is 6.19. The minimum absolute atomic E-state index is 0.323. The van der Waals surface area contributed by atoms with Crippen LogP contribution in [0.2, 0.25) is 10.0 Å². The largest absolute Gasteiger partial charge is 0.251 e. The lowest BCUT2D eigenvalue weighted by atomic mass is 10.0. The molecule has 0 amide bonds. The van der Waals surface area contributed by atoms with E-state index in [2.05, 4.69) is 27.7 Å². The molecule has 2 aromatic carbocycles. The molecule has 1 aromatic heterocycles. The van der Waals surface area contributed by atoms with E-state index in [0.29, 0.717) is 11.8 Å². The fraction of sp³-hybridized carbons (Fsp3) is 0.296. The van der Waals surface area contributed by atoms with Crippen molar-refractivity contribution in [3.8, 4) is 0 Å². The van der Waals surface area contributed by atoms with Gasteiger partial charge in [-0.25, -0.2) is 4.98 Å². The normalized spacial score (nSPS) is 12.7. The Balaban J connectivity index is 1.97. The van der Waals surface area contributed by atoms with Crippen molar-refractivity contribution in [2.24, 2.45) is 9.98 Å². The summed E-state index contributed by atoms with van der Waals surface area (Å²) in [6.07, 6.45) is 0. The van der Waals surface area contributed by atoms with Crippen molar-refractivity contribution in [1.82, 2.24) is 4.98 Å². The highest BCUT2D eigenvalue weighted by molar-refractivity contribution is 6.31. The highest BCUT2D eigenvalue weighted by atomic mass is 35.5. The summed E-state index contributed by atoms with van der Waals surface area (Å²) in [7, 11) is 0. The number of benzene rings is 2. The van der Waals surface area contributed by atoms with E-state index in [0.717, 1.165) is 55.4 Å². The first-order valence-electron chi connectivity index (χ1n) is 10.8. The van der Waals surface area contributed by atoms with Gasteiger partial charge in [0.2, 0.25) is 0 Å². The quantitative estimate of drug-likeness (QED) is 0.334. The van der Waals surface area contributed by atoms with Gasteiger partial charge in [-0.15, -0.1) is 0 Å². The number of aliphatic imine (C=N–C) groups is 2. The molecule has 0 bridgehead atoms. The van der Waals surface area contributed by atoms with Crippen molar-refractivity contribution in [1.29, 1.82) is 0 Å². The predicted molar refractivity (Wildman–Crippen MR) is 139 cm³/mol. The molecule has 0 N–H and O–H groups in total. The molecule has 0 unspecified atom stereocenters. The van der Waals surface area contributed by atoms with Crippen LogP contribution in [0, 0.1) is 0 Å². The molecule has 5 heteroatoms. The molecule has 0 aliphatic carbocycles. The summed E-state index contributed by atoms with van der Waals surface area (Å²) in [4.78, 5) is 14.6. The lowest BCUT2D eigenvalue weighted by molar-refractivity contribution is 0.867. The second-order valence-corrected chi connectivity index (χ2v) is 9.39. The summed E-state index contributed by atoms with van der Waals surface area (Å²) < 4.78 is 0. The Kier molecular flexibility index (Phi) is 7.86. The van der Waals surface area contributed by atoms with Crippen LogP contribution >= 0.6 is 23.2 Å². The van der Waals surface area contributed by atoms with Gasteiger partial charge in [0, 0.05) is 10.0 Å². The molecule has 0 atom stereocenters. The van der Waals surface area contributed by atoms with Crippen LogP contribution in [0.4, 0.5) is 11.4 Å². The molecule has 0 saturated heterocycles. The molecule has 3 aromatic rings. The van der Waals surface area contributed by atoms with Gasteiger partial charge in [0.25, 0.3) is 0 Å². The third-order valence-electron chi connectivity index (χ3n) is 5.29. The van der Waals surface area contributed by atoms with Crippen molar-refractivity contribution in [2.45, 2.75) is 53.4 Å². The van der Waals surface area contributed by atoms with E-state index in [1.165, 1.54) is 0 Å². The van der Waals surface area contributed by atoms with E-state index in [1.807, 2.05) is 68.4 Å². The number of hydrogen-bond acceptors (Lipinski definition) is 3. The maximum Gasteiger partial charge on any atom is 0.0849 e. The van der Waals surface area contributed by atoms with Crippen LogP contribution in [0.25, 0.3) is 0 Å². The lowest BCUT2D eigenvalue weighted by Gasteiger charge is -2.12. The van der Waals surface area contributed by atoms with Gasteiger partial charge < -0.3 is 0 Å². The standard InChI is InChI=1S/C27H29Cl2N3/c1-16(2)22-14-20(28)10-12-26(22)30-18(5)24-8-7-9-25(32-24)19(6)31-27-13-11-21(29)15-23(27)17(3)4/h7-17H,1-6H3/b30-18+,31-19+. The van der Waals surface area contributed by atoms with Gasteiger partial charge >= 0.3 is 0 Å². The van der Waals surface area contributed by atoms with Crippen molar-refractivity contribution >= 4 is 46.0 Å². The van der Waals surface area contributed by atoms with Gasteiger partial charge in [0.15, 0.2) is 0 Å². The van der Waals surface area contributed by atoms with E-state index < -0.39 is 0 Å². The second-order valence-electron chi connectivity index (χ2n) is 8.52. The molecule has 0 saturated carbocycles. The Morgan fingerprint density at radius 1 is 0.688 bits per heavy atom. The van der Waals surface area contributed by atoms with Crippen LogP contribution < -0.4 is 0 Å². The topological polar surface area (TPSA) is 37.6 Å². The molecule has 0 radical (unpaired) electrons. The zero-order valence-corrected chi connectivity index (χ0v) is 21.0. The molecular formula is C27H29Cl2N3. The molecule has 1 heterocycles. The number of halogens is 2. The monoisotopic (exact) mass is 465 g/mol. The minimum Gasteiger partial charge on any atom is -0.251 e. The lowest BCUT2D eigenvalue weighted by Crippen LogP contribution is -2.05. The smallest absolute Gasteiger partial charge is 0.0849 e. The van der Waals surface area contributed by atoms with Gasteiger partial charge in [-0.2, -0.15) is 0 Å². The number of hydrogen-bond donors (Lipinski definition) is 0. The van der Waals surface area contributed by atoms with Gasteiger partial charge in [-0.05, 0) is 85.3 Å². The van der Waals surface area contributed by atoms with Crippen LogP contribution in [-0.4, -0.2) is 16.4 Å². The molecule has 166 valence electrons. The molecule has 32 heavy (non-hydrogen) atoms. The van der Waals surface area contributed by atoms with E-state index in [9.17, 15) is 0 Å². The highest BCUT2D eigenvalue weighted by Crippen LogP contribution is 2.31. The summed E-state index contributed by atoms with van der Waals surface area (Å²) >= 11 is 12.4. The summed E-state index contributed by atoms with van der Waals surface area (Å²) in [6.45, 7) is 12.5. The van der Waals surface area contributed by atoms with Gasteiger partial charge in [-0.3, -0.25) is 9.98 Å². The number of aromatic nitrogens is 1. The van der Waals surface area contributed by atoms with E-state index in [1.54, 1.807) is 0 Å². The van der Waals surface area contributed by atoms with Crippen LogP contribution in [-0.2, 0) is 0 Å². The Hall–Kier alpha value is -2.49. The molecule has 3 nitrogen and oxygen atoms in total. The van der Waals surface area contributed by atoms with E-state index in [4.69, 9.17) is 38.2 Å². The van der Waals surface area contributed by atoms with Crippen molar-refractivity contribution in [3.63, 3.8) is 0 Å². The first-order valence-corrected chi connectivity index (χ1v) is 11.6. The fourth-order valence-electron chi connectivity index (χ4n) is 3.49. The van der Waals surface area contributed by atoms with Gasteiger partial charge in [0.05, 0.1) is 34.2 Å². The molecule has 0 spiro atoms. The SMILES string of the molecule is C/C(=N\c1ccc(Cl)cc1C(C)C)c1cccc(/C(C)=N/c2ccc(Cl)cc2C(C)C)n1. The summed E-state index contributed by atoms with van der Waals surface area (Å²) in [5.74, 6) is 0.645. The number of nitrogens with zero attached hydrogens (tertiary/aromatic N) is 3. The summed E-state index contributed by atoms with van der Waals surface area (Å²) in [5.41, 5.74) is 7.41. The van der Waals surface area contributed by atoms with Crippen LogP contribution in [0.3, 0.4) is 0 Å². The Morgan fingerprint density at radius 2 is 1.09 bits per heavy atom. The molecule has 0 fully saturated rings. The Bertz CT molecular complexity index is 1090. The zero-order chi connectivity index (χ0) is 23.4. The highest BCUT2D eigenvalue weighted by Gasteiger charge is 2.11. The van der Waals surface area contributed by atoms with Gasteiger partial charge in [0.1, 0.15) is 0 Å². The minimum atomic E-state index is 0.323. The third-order valence-corrected chi connectivity index (χ3v) is 5.76. The fourth-order valence-corrected chi connectivity index (χ4v) is 3.85. The first-order chi connectivity index (χ1) is 15.2. The van der Waals surface area contributed by atoms with Crippen LogP contribution in [0.5, 0.6) is 0 Å². The molecule has 0 aliphatic heterocycles. The zero-order valence-electron chi connectivity index (χ0n) is 19.4. The maximum absolute atomic E-state index is 6.19. The molecule has 0 aliphatic rings. The third kappa shape index (κ3) is 5.85. The summed E-state index contributed by atoms with van der Waals surface area (Å²) in [5, 5.41) is 1.44. The summed E-state index contributed by atoms with van der Waals surface area (Å²) in [6, 6.07) is 17.6. The molecule has 3 rings (SSSR count). The average molecular weight is 466 g/mol. The Morgan fingerprint density at radius 3 is 1.47 bits per heavy atom. The van der Waals surface area contributed by atoms with Crippen LogP contribution in [0.15, 0.2) is 64.6 Å². The Labute approximate surface area is 201 Å². The van der Waals surface area contributed by atoms with Crippen molar-refractivity contribution in [2.75, 3.05) is 0 Å². The van der Waals surface area contributed by atoms with Crippen molar-refractivity contribution in [3.05, 3.63) is 87.2 Å². The molecular weight excluding hydrogens is 437 g/mol. The predicted octanol–water partition coefficient (Wildman–Crippen LogP) is 8.92. The first kappa shape index (κ1) is 24.2. The average Bonchev–Trinajstić information content (AvgIpc) is 2.75. The van der Waals surface area contributed by atoms with E-state index >= 15 is 0 Å².